The molecule has 0 spiro atoms. The summed E-state index contributed by atoms with van der Waals surface area (Å²) in [5, 5.41) is 3.30. The molecular formula is C22H13Cl2F2N5O2. The number of halogens is 4. The molecule has 1 amide bonds. The number of carbonyl (C=O) groups excluding carboxylic acids is 1. The molecule has 0 saturated heterocycles. The van der Waals surface area contributed by atoms with Gasteiger partial charge in [-0.3, -0.25) is 4.79 Å². The Morgan fingerprint density at radius 1 is 1.09 bits per heavy atom. The van der Waals surface area contributed by atoms with Crippen LogP contribution >= 0.6 is 23.2 Å². The summed E-state index contributed by atoms with van der Waals surface area (Å²) in [4.78, 5) is 17.0. The summed E-state index contributed by atoms with van der Waals surface area (Å²) in [6.07, 6.45) is 5.07. The highest BCUT2D eigenvalue weighted by atomic mass is 35.5. The monoisotopic (exact) mass is 487 g/mol. The number of amides is 1. The number of nitrogens with zero attached hydrogens (tertiary/aromatic N) is 4. The third-order valence-electron chi connectivity index (χ3n) is 4.81. The van der Waals surface area contributed by atoms with E-state index in [1.54, 1.807) is 30.3 Å². The second-order valence-electron chi connectivity index (χ2n) is 7.01. The van der Waals surface area contributed by atoms with E-state index < -0.39 is 17.0 Å². The molecule has 0 radical (unpaired) electrons. The highest BCUT2D eigenvalue weighted by Gasteiger charge is 2.33. The fourth-order valence-electron chi connectivity index (χ4n) is 3.32. The van der Waals surface area contributed by atoms with Gasteiger partial charge in [-0.1, -0.05) is 11.6 Å². The zero-order chi connectivity index (χ0) is 23.2. The Morgan fingerprint density at radius 3 is 2.55 bits per heavy atom. The van der Waals surface area contributed by atoms with E-state index in [1.807, 2.05) is 29.1 Å². The second kappa shape index (κ2) is 8.02. The first-order chi connectivity index (χ1) is 15.8. The minimum atomic E-state index is -3.76. The van der Waals surface area contributed by atoms with E-state index in [0.29, 0.717) is 10.7 Å². The molecule has 33 heavy (non-hydrogen) atoms. The number of furan rings is 1. The third kappa shape index (κ3) is 4.08. The number of rotatable bonds is 5. The molecule has 11 heteroatoms. The van der Waals surface area contributed by atoms with Gasteiger partial charge < -0.3 is 14.3 Å². The molecule has 5 rings (SSSR count). The van der Waals surface area contributed by atoms with Gasteiger partial charge in [-0.25, -0.2) is 9.50 Å². The van der Waals surface area contributed by atoms with Gasteiger partial charge >= 0.3 is 5.38 Å². The van der Waals surface area contributed by atoms with E-state index in [-0.39, 0.29) is 22.8 Å². The third-order valence-corrected chi connectivity index (χ3v) is 5.31. The maximum Gasteiger partial charge on any atom is 0.364 e. The summed E-state index contributed by atoms with van der Waals surface area (Å²) < 4.78 is 36.1. The van der Waals surface area contributed by atoms with Crippen LogP contribution in [0.4, 0.5) is 14.5 Å². The minimum Gasteiger partial charge on any atom is -0.463 e. The summed E-state index contributed by atoms with van der Waals surface area (Å²) in [5.41, 5.74) is 0.485. The quantitative estimate of drug-likeness (QED) is 0.309. The number of nitrogens with one attached hydrogen (secondary N) is 1. The number of aromatic nitrogens is 4. The molecule has 4 aromatic heterocycles. The predicted molar refractivity (Wildman–Crippen MR) is 119 cm³/mol. The van der Waals surface area contributed by atoms with Crippen molar-refractivity contribution < 1.29 is 18.0 Å². The molecular weight excluding hydrogens is 475 g/mol. The Kier molecular flexibility index (Phi) is 5.15. The predicted octanol–water partition coefficient (Wildman–Crippen LogP) is 5.97. The number of alkyl halides is 3. The van der Waals surface area contributed by atoms with Crippen molar-refractivity contribution in [1.29, 1.82) is 0 Å². The molecule has 7 nitrogen and oxygen atoms in total. The van der Waals surface area contributed by atoms with Crippen molar-refractivity contribution in [2.75, 3.05) is 5.32 Å². The van der Waals surface area contributed by atoms with E-state index >= 15 is 0 Å². The minimum absolute atomic E-state index is 0.00497. The first-order valence-corrected chi connectivity index (χ1v) is 10.3. The summed E-state index contributed by atoms with van der Waals surface area (Å²) in [6.45, 7) is 0. The number of fused-ring (bicyclic) bond motifs is 1. The molecule has 0 bridgehead atoms. The molecule has 0 saturated carbocycles. The highest BCUT2D eigenvalue weighted by molar-refractivity contribution is 6.32. The van der Waals surface area contributed by atoms with E-state index in [0.717, 1.165) is 16.3 Å². The smallest absolute Gasteiger partial charge is 0.364 e. The molecule has 0 atom stereocenters. The largest absolute Gasteiger partial charge is 0.463 e. The van der Waals surface area contributed by atoms with Crippen molar-refractivity contribution in [3.8, 4) is 17.1 Å². The van der Waals surface area contributed by atoms with Crippen molar-refractivity contribution in [3.63, 3.8) is 0 Å². The average Bonchev–Trinajstić information content (AvgIpc) is 3.53. The number of anilines is 1. The first-order valence-electron chi connectivity index (χ1n) is 9.56. The molecule has 5 aromatic rings. The molecule has 0 fully saturated rings. The molecule has 0 unspecified atom stereocenters. The van der Waals surface area contributed by atoms with Gasteiger partial charge in [-0.2, -0.15) is 13.9 Å². The number of carbonyl (C=O) groups is 1. The topological polar surface area (TPSA) is 77.4 Å². The number of hydrogen-bond donors (Lipinski definition) is 1. The van der Waals surface area contributed by atoms with Crippen molar-refractivity contribution in [2.24, 2.45) is 0 Å². The Balaban J connectivity index is 1.48. The van der Waals surface area contributed by atoms with Crippen LogP contribution in [0.5, 0.6) is 0 Å². The zero-order valence-corrected chi connectivity index (χ0v) is 18.1. The zero-order valence-electron chi connectivity index (χ0n) is 16.5. The van der Waals surface area contributed by atoms with Gasteiger partial charge in [0.2, 0.25) is 0 Å². The Labute approximate surface area is 195 Å². The van der Waals surface area contributed by atoms with Crippen molar-refractivity contribution in [1.82, 2.24) is 19.2 Å². The molecule has 0 aliphatic rings. The molecule has 0 aliphatic carbocycles. The lowest BCUT2D eigenvalue weighted by Crippen LogP contribution is -2.15. The molecule has 1 aromatic carbocycles. The number of hydrogen-bond acceptors (Lipinski definition) is 4. The van der Waals surface area contributed by atoms with Crippen LogP contribution in [0.15, 0.2) is 77.7 Å². The maximum atomic E-state index is 14.1. The lowest BCUT2D eigenvalue weighted by Gasteiger charge is -2.11. The van der Waals surface area contributed by atoms with Gasteiger partial charge in [-0.05, 0) is 60.1 Å². The average molecular weight is 488 g/mol. The summed E-state index contributed by atoms with van der Waals surface area (Å²) >= 11 is 11.6. The van der Waals surface area contributed by atoms with Gasteiger partial charge in [0.1, 0.15) is 11.4 Å². The highest BCUT2D eigenvalue weighted by Crippen LogP contribution is 2.34. The molecule has 166 valence electrons. The van der Waals surface area contributed by atoms with Crippen molar-refractivity contribution in [3.05, 3.63) is 89.7 Å². The molecule has 0 aliphatic heterocycles. The standard InChI is InChI=1S/C22H13Cl2F2N5O2/c23-14-10-13(5-6-17(14)30-7-1-2-8-30)27-21(32)16-12-20-28-15(18-4-3-9-33-18)11-19(22(24,25)26)31(20)29-16/h1-12H,(H,27,32). The Hall–Kier alpha value is -3.69. The van der Waals surface area contributed by atoms with Gasteiger partial charge in [0.15, 0.2) is 17.1 Å². The summed E-state index contributed by atoms with van der Waals surface area (Å²) in [6, 6.07) is 14.2. The number of benzene rings is 1. The van der Waals surface area contributed by atoms with Gasteiger partial charge in [0.25, 0.3) is 5.91 Å². The van der Waals surface area contributed by atoms with Crippen LogP contribution < -0.4 is 5.32 Å². The van der Waals surface area contributed by atoms with E-state index in [9.17, 15) is 13.6 Å². The SMILES string of the molecule is O=C(Nc1ccc(-n2cccc2)c(Cl)c1)c1cc2nc(-c3ccco3)cc(C(F)(F)Cl)n2n1. The van der Waals surface area contributed by atoms with E-state index in [4.69, 9.17) is 27.6 Å². The van der Waals surface area contributed by atoms with E-state index in [1.165, 1.54) is 12.3 Å². The fraction of sp³-hybridized carbons (Fsp3) is 0.0455. The van der Waals surface area contributed by atoms with Gasteiger partial charge in [0.05, 0.1) is 17.0 Å². The lowest BCUT2D eigenvalue weighted by atomic mass is 10.2. The Bertz CT molecular complexity index is 1460. The van der Waals surface area contributed by atoms with Gasteiger partial charge in [-0.15, -0.1) is 0 Å². The maximum absolute atomic E-state index is 14.1. The Morgan fingerprint density at radius 2 is 1.88 bits per heavy atom. The second-order valence-corrected chi connectivity index (χ2v) is 7.89. The van der Waals surface area contributed by atoms with Crippen LogP contribution in [0.1, 0.15) is 16.2 Å². The van der Waals surface area contributed by atoms with Crippen LogP contribution in [0.2, 0.25) is 5.02 Å². The van der Waals surface area contributed by atoms with Crippen LogP contribution in [-0.4, -0.2) is 25.1 Å². The summed E-state index contributed by atoms with van der Waals surface area (Å²) in [7, 11) is 0. The normalized spacial score (nSPS) is 11.8. The van der Waals surface area contributed by atoms with E-state index in [2.05, 4.69) is 15.4 Å². The molecule has 4 heterocycles. The van der Waals surface area contributed by atoms with Crippen LogP contribution in [0.3, 0.4) is 0 Å². The van der Waals surface area contributed by atoms with Gasteiger partial charge in [0, 0.05) is 24.1 Å². The molecule has 1 N–H and O–H groups in total. The lowest BCUT2D eigenvalue weighted by molar-refractivity contribution is 0.0869. The van der Waals surface area contributed by atoms with Crippen molar-refractivity contribution >= 4 is 40.4 Å². The first kappa shape index (κ1) is 21.2. The fourth-order valence-corrected chi connectivity index (χ4v) is 3.73. The summed E-state index contributed by atoms with van der Waals surface area (Å²) in [5.74, 6) is -0.363. The van der Waals surface area contributed by atoms with Crippen molar-refractivity contribution in [2.45, 2.75) is 5.38 Å². The van der Waals surface area contributed by atoms with Crippen LogP contribution in [0, 0.1) is 0 Å². The van der Waals surface area contributed by atoms with Crippen LogP contribution in [0.25, 0.3) is 22.8 Å². The van der Waals surface area contributed by atoms with Crippen LogP contribution in [-0.2, 0) is 5.38 Å².